The fraction of sp³-hybridized carbons (Fsp3) is 0.533. The number of carbonyl (C=O) groups is 1. The third kappa shape index (κ3) is 3.40. The molecule has 1 aliphatic rings. The van der Waals surface area contributed by atoms with Crippen LogP contribution in [0.1, 0.15) is 37.0 Å². The highest BCUT2D eigenvalue weighted by molar-refractivity contribution is 5.98. The Balaban J connectivity index is 2.10. The Morgan fingerprint density at radius 3 is 2.89 bits per heavy atom. The van der Waals surface area contributed by atoms with E-state index in [1.54, 1.807) is 25.1 Å². The van der Waals surface area contributed by atoms with Crippen LogP contribution in [-0.4, -0.2) is 19.1 Å². The molecule has 0 spiro atoms. The molecule has 1 atom stereocenters. The first-order chi connectivity index (χ1) is 9.13. The van der Waals surface area contributed by atoms with Gasteiger partial charge in [-0.15, -0.1) is 0 Å². The highest BCUT2D eigenvalue weighted by atomic mass is 16.5. The largest absolute Gasteiger partial charge is 0.462 e. The summed E-state index contributed by atoms with van der Waals surface area (Å²) in [5.41, 5.74) is 7.77. The van der Waals surface area contributed by atoms with Crippen molar-refractivity contribution in [3.8, 4) is 0 Å². The number of rotatable bonds is 6. The van der Waals surface area contributed by atoms with Gasteiger partial charge in [0.1, 0.15) is 0 Å². The number of hydrogen-bond donors (Lipinski definition) is 2. The summed E-state index contributed by atoms with van der Waals surface area (Å²) in [7, 11) is 0. The third-order valence-corrected chi connectivity index (χ3v) is 3.62. The quantitative estimate of drug-likeness (QED) is 0.611. The van der Waals surface area contributed by atoms with Crippen LogP contribution in [0.4, 0.5) is 11.4 Å². The molecule has 1 aromatic carbocycles. The molecule has 1 fully saturated rings. The van der Waals surface area contributed by atoms with Gasteiger partial charge in [0.25, 0.3) is 0 Å². The molecule has 19 heavy (non-hydrogen) atoms. The smallest absolute Gasteiger partial charge is 0.340 e. The van der Waals surface area contributed by atoms with E-state index in [9.17, 15) is 4.79 Å². The Kier molecular flexibility index (Phi) is 4.30. The number of carbonyl (C=O) groups excluding carboxylic acids is 1. The van der Waals surface area contributed by atoms with Crippen molar-refractivity contribution in [2.45, 2.75) is 26.7 Å². The van der Waals surface area contributed by atoms with E-state index >= 15 is 0 Å². The molecule has 0 saturated heterocycles. The SMILES string of the molecule is CCOC(=O)c1cccc(N)c1NCC(C)C1CC1. The number of esters is 1. The summed E-state index contributed by atoms with van der Waals surface area (Å²) in [4.78, 5) is 11.9. The molecule has 0 heterocycles. The van der Waals surface area contributed by atoms with Crippen molar-refractivity contribution in [2.75, 3.05) is 24.2 Å². The number of nitrogens with two attached hydrogens (primary N) is 1. The molecule has 1 aliphatic carbocycles. The molecule has 4 nitrogen and oxygen atoms in total. The fourth-order valence-electron chi connectivity index (χ4n) is 2.24. The monoisotopic (exact) mass is 262 g/mol. The predicted octanol–water partition coefficient (Wildman–Crippen LogP) is 2.90. The van der Waals surface area contributed by atoms with Crippen LogP contribution in [0.2, 0.25) is 0 Å². The Bertz CT molecular complexity index is 455. The standard InChI is InChI=1S/C15H22N2O2/c1-3-19-15(18)12-5-4-6-13(16)14(12)17-9-10(2)11-7-8-11/h4-6,10-11,17H,3,7-9,16H2,1-2H3. The minimum Gasteiger partial charge on any atom is -0.462 e. The number of ether oxygens (including phenoxy) is 1. The topological polar surface area (TPSA) is 64.3 Å². The molecule has 0 aliphatic heterocycles. The minimum absolute atomic E-state index is 0.323. The Morgan fingerprint density at radius 2 is 2.26 bits per heavy atom. The molecule has 0 aromatic heterocycles. The van der Waals surface area contributed by atoms with Gasteiger partial charge < -0.3 is 15.8 Å². The lowest BCUT2D eigenvalue weighted by Gasteiger charge is -2.17. The van der Waals surface area contributed by atoms with E-state index in [2.05, 4.69) is 12.2 Å². The fourth-order valence-corrected chi connectivity index (χ4v) is 2.24. The second kappa shape index (κ2) is 5.95. The Hall–Kier alpha value is -1.71. The molecule has 3 N–H and O–H groups in total. The Morgan fingerprint density at radius 1 is 1.53 bits per heavy atom. The Labute approximate surface area is 114 Å². The lowest BCUT2D eigenvalue weighted by Crippen LogP contribution is -2.17. The van der Waals surface area contributed by atoms with Crippen LogP contribution >= 0.6 is 0 Å². The van der Waals surface area contributed by atoms with Gasteiger partial charge in [0, 0.05) is 6.54 Å². The number of nitrogen functional groups attached to an aromatic ring is 1. The maximum atomic E-state index is 11.9. The van der Waals surface area contributed by atoms with Crippen LogP contribution in [0.5, 0.6) is 0 Å². The summed E-state index contributed by atoms with van der Waals surface area (Å²) in [6.07, 6.45) is 2.63. The highest BCUT2D eigenvalue weighted by Crippen LogP contribution is 2.37. The van der Waals surface area contributed by atoms with E-state index in [1.165, 1.54) is 12.8 Å². The summed E-state index contributed by atoms with van der Waals surface area (Å²) in [6, 6.07) is 5.32. The van der Waals surface area contributed by atoms with Gasteiger partial charge in [-0.05, 0) is 43.7 Å². The molecule has 1 saturated carbocycles. The van der Waals surface area contributed by atoms with Crippen LogP contribution in [0.3, 0.4) is 0 Å². The van der Waals surface area contributed by atoms with E-state index in [1.807, 2.05) is 0 Å². The lowest BCUT2D eigenvalue weighted by molar-refractivity contribution is 0.0527. The van der Waals surface area contributed by atoms with E-state index in [0.29, 0.717) is 29.5 Å². The first kappa shape index (κ1) is 13.7. The van der Waals surface area contributed by atoms with Crippen molar-refractivity contribution in [1.82, 2.24) is 0 Å². The number of anilines is 2. The van der Waals surface area contributed by atoms with Gasteiger partial charge in [0.05, 0.1) is 23.5 Å². The normalized spacial score (nSPS) is 15.9. The van der Waals surface area contributed by atoms with E-state index < -0.39 is 0 Å². The van der Waals surface area contributed by atoms with Crippen molar-refractivity contribution < 1.29 is 9.53 Å². The average molecular weight is 262 g/mol. The predicted molar refractivity (Wildman–Crippen MR) is 77.2 cm³/mol. The van der Waals surface area contributed by atoms with E-state index in [4.69, 9.17) is 10.5 Å². The first-order valence-corrected chi connectivity index (χ1v) is 6.93. The molecule has 0 radical (unpaired) electrons. The van der Waals surface area contributed by atoms with Crippen LogP contribution in [0.25, 0.3) is 0 Å². The van der Waals surface area contributed by atoms with Crippen molar-refractivity contribution in [1.29, 1.82) is 0 Å². The molecule has 2 rings (SSSR count). The van der Waals surface area contributed by atoms with Gasteiger partial charge in [-0.1, -0.05) is 13.0 Å². The third-order valence-electron chi connectivity index (χ3n) is 3.62. The minimum atomic E-state index is -0.323. The lowest BCUT2D eigenvalue weighted by atomic mass is 10.1. The van der Waals surface area contributed by atoms with Crippen molar-refractivity contribution in [3.05, 3.63) is 23.8 Å². The summed E-state index contributed by atoms with van der Waals surface area (Å²) < 4.78 is 5.06. The van der Waals surface area contributed by atoms with Crippen molar-refractivity contribution >= 4 is 17.3 Å². The maximum Gasteiger partial charge on any atom is 0.340 e. The van der Waals surface area contributed by atoms with Gasteiger partial charge in [0.2, 0.25) is 0 Å². The number of para-hydroxylation sites is 1. The highest BCUT2D eigenvalue weighted by Gasteiger charge is 2.28. The maximum absolute atomic E-state index is 11.9. The second-order valence-corrected chi connectivity index (χ2v) is 5.19. The number of nitrogens with one attached hydrogen (secondary N) is 1. The molecular weight excluding hydrogens is 240 g/mol. The zero-order valence-corrected chi connectivity index (χ0v) is 11.6. The summed E-state index contributed by atoms with van der Waals surface area (Å²) >= 11 is 0. The molecule has 104 valence electrons. The molecule has 4 heteroatoms. The van der Waals surface area contributed by atoms with E-state index in [-0.39, 0.29) is 5.97 Å². The molecule has 0 bridgehead atoms. The summed E-state index contributed by atoms with van der Waals surface area (Å²) in [5, 5.41) is 3.32. The average Bonchev–Trinajstić information content (AvgIpc) is 3.21. The molecule has 1 unspecified atom stereocenters. The second-order valence-electron chi connectivity index (χ2n) is 5.19. The zero-order chi connectivity index (χ0) is 13.8. The molecular formula is C15H22N2O2. The van der Waals surface area contributed by atoms with Crippen molar-refractivity contribution in [2.24, 2.45) is 11.8 Å². The van der Waals surface area contributed by atoms with Crippen LogP contribution in [0.15, 0.2) is 18.2 Å². The van der Waals surface area contributed by atoms with Gasteiger partial charge in [0.15, 0.2) is 0 Å². The number of benzene rings is 1. The summed E-state index contributed by atoms with van der Waals surface area (Å²) in [5.74, 6) is 1.11. The van der Waals surface area contributed by atoms with Crippen LogP contribution < -0.4 is 11.1 Å². The van der Waals surface area contributed by atoms with Crippen LogP contribution in [0, 0.1) is 11.8 Å². The number of hydrogen-bond acceptors (Lipinski definition) is 4. The van der Waals surface area contributed by atoms with E-state index in [0.717, 1.165) is 12.5 Å². The molecule has 0 amide bonds. The molecule has 1 aromatic rings. The summed E-state index contributed by atoms with van der Waals surface area (Å²) in [6.45, 7) is 5.23. The van der Waals surface area contributed by atoms with Gasteiger partial charge >= 0.3 is 5.97 Å². The van der Waals surface area contributed by atoms with Crippen molar-refractivity contribution in [3.63, 3.8) is 0 Å². The zero-order valence-electron chi connectivity index (χ0n) is 11.6. The van der Waals surface area contributed by atoms with Gasteiger partial charge in [-0.2, -0.15) is 0 Å². The first-order valence-electron chi connectivity index (χ1n) is 6.93. The van der Waals surface area contributed by atoms with Gasteiger partial charge in [-0.25, -0.2) is 4.79 Å². The van der Waals surface area contributed by atoms with Gasteiger partial charge in [-0.3, -0.25) is 0 Å². The van der Waals surface area contributed by atoms with Crippen LogP contribution in [-0.2, 0) is 4.74 Å².